The van der Waals surface area contributed by atoms with E-state index in [0.717, 1.165) is 11.4 Å². The maximum atomic E-state index is 13.1. The van der Waals surface area contributed by atoms with Crippen molar-refractivity contribution in [2.24, 2.45) is 0 Å². The van der Waals surface area contributed by atoms with Gasteiger partial charge in [-0.05, 0) is 35.4 Å². The molecule has 1 atom stereocenters. The molecule has 0 aliphatic carbocycles. The SMILES string of the molecule is CC1CC(=O)Nc2ccccc2N1C(=O)CSCc1cccc2ccccc12. The van der Waals surface area contributed by atoms with Gasteiger partial charge in [-0.25, -0.2) is 0 Å². The minimum Gasteiger partial charge on any atom is -0.324 e. The molecule has 3 aromatic carbocycles. The molecule has 4 nitrogen and oxygen atoms in total. The third-order valence-electron chi connectivity index (χ3n) is 4.99. The van der Waals surface area contributed by atoms with Crippen molar-refractivity contribution in [3.63, 3.8) is 0 Å². The summed E-state index contributed by atoms with van der Waals surface area (Å²) < 4.78 is 0. The average Bonchev–Trinajstić information content (AvgIpc) is 2.82. The minimum atomic E-state index is -0.172. The normalized spacial score (nSPS) is 16.4. The second-order valence-electron chi connectivity index (χ2n) is 7.01. The first-order chi connectivity index (χ1) is 13.6. The van der Waals surface area contributed by atoms with Crippen molar-refractivity contribution in [1.82, 2.24) is 0 Å². The number of nitrogens with zero attached hydrogens (tertiary/aromatic N) is 1. The van der Waals surface area contributed by atoms with Crippen LogP contribution in [0, 0.1) is 0 Å². The molecule has 0 radical (unpaired) electrons. The predicted octanol–water partition coefficient (Wildman–Crippen LogP) is 4.84. The van der Waals surface area contributed by atoms with Gasteiger partial charge < -0.3 is 10.2 Å². The minimum absolute atomic E-state index is 0.0293. The van der Waals surface area contributed by atoms with Crippen LogP contribution >= 0.6 is 11.8 Å². The summed E-state index contributed by atoms with van der Waals surface area (Å²) in [6.45, 7) is 1.93. The van der Waals surface area contributed by atoms with Gasteiger partial charge in [0.2, 0.25) is 11.8 Å². The molecule has 1 aliphatic rings. The largest absolute Gasteiger partial charge is 0.324 e. The Bertz CT molecular complexity index is 1030. The summed E-state index contributed by atoms with van der Waals surface area (Å²) in [7, 11) is 0. The quantitative estimate of drug-likeness (QED) is 0.694. The summed E-state index contributed by atoms with van der Waals surface area (Å²) in [4.78, 5) is 26.9. The third kappa shape index (κ3) is 3.76. The summed E-state index contributed by atoms with van der Waals surface area (Å²) in [5.74, 6) is 1.12. The lowest BCUT2D eigenvalue weighted by Crippen LogP contribution is -2.40. The molecule has 1 unspecified atom stereocenters. The second-order valence-corrected chi connectivity index (χ2v) is 8.00. The van der Waals surface area contributed by atoms with E-state index in [1.54, 1.807) is 16.7 Å². The van der Waals surface area contributed by atoms with Crippen molar-refractivity contribution in [2.45, 2.75) is 25.1 Å². The molecular weight excluding hydrogens is 368 g/mol. The van der Waals surface area contributed by atoms with Gasteiger partial charge in [0.1, 0.15) is 0 Å². The number of amides is 2. The van der Waals surface area contributed by atoms with Crippen molar-refractivity contribution in [2.75, 3.05) is 16.0 Å². The van der Waals surface area contributed by atoms with Gasteiger partial charge in [-0.2, -0.15) is 0 Å². The monoisotopic (exact) mass is 390 g/mol. The van der Waals surface area contributed by atoms with Crippen LogP contribution in [0.1, 0.15) is 18.9 Å². The summed E-state index contributed by atoms with van der Waals surface area (Å²) >= 11 is 1.61. The maximum absolute atomic E-state index is 13.1. The van der Waals surface area contributed by atoms with Gasteiger partial charge in [-0.1, -0.05) is 54.6 Å². The highest BCUT2D eigenvalue weighted by atomic mass is 32.2. The Morgan fingerprint density at radius 1 is 1.07 bits per heavy atom. The van der Waals surface area contributed by atoms with Crippen molar-refractivity contribution < 1.29 is 9.59 Å². The van der Waals surface area contributed by atoms with Gasteiger partial charge in [0.15, 0.2) is 0 Å². The molecule has 3 aromatic rings. The number of thioether (sulfide) groups is 1. The van der Waals surface area contributed by atoms with E-state index in [-0.39, 0.29) is 17.9 Å². The van der Waals surface area contributed by atoms with Crippen LogP contribution in [0.4, 0.5) is 11.4 Å². The molecule has 2 amide bonds. The number of hydrogen-bond acceptors (Lipinski definition) is 3. The Hall–Kier alpha value is -2.79. The molecule has 1 heterocycles. The molecule has 1 N–H and O–H groups in total. The molecule has 5 heteroatoms. The fourth-order valence-electron chi connectivity index (χ4n) is 3.70. The summed E-state index contributed by atoms with van der Waals surface area (Å²) in [6.07, 6.45) is 0.300. The van der Waals surface area contributed by atoms with E-state index in [9.17, 15) is 9.59 Å². The smallest absolute Gasteiger partial charge is 0.237 e. The van der Waals surface area contributed by atoms with Crippen LogP contribution in [0.15, 0.2) is 66.7 Å². The van der Waals surface area contributed by atoms with Crippen LogP contribution in [0.3, 0.4) is 0 Å². The van der Waals surface area contributed by atoms with Crippen LogP contribution in [0.5, 0.6) is 0 Å². The van der Waals surface area contributed by atoms with Crippen molar-refractivity contribution in [3.8, 4) is 0 Å². The Labute approximate surface area is 168 Å². The van der Waals surface area contributed by atoms with Gasteiger partial charge in [0.05, 0.1) is 17.1 Å². The van der Waals surface area contributed by atoms with Crippen LogP contribution in [-0.4, -0.2) is 23.6 Å². The van der Waals surface area contributed by atoms with Gasteiger partial charge in [-0.15, -0.1) is 11.8 Å². The number of hydrogen-bond donors (Lipinski definition) is 1. The van der Waals surface area contributed by atoms with Crippen molar-refractivity contribution >= 4 is 45.7 Å². The zero-order chi connectivity index (χ0) is 19.5. The Morgan fingerprint density at radius 2 is 1.82 bits per heavy atom. The number of fused-ring (bicyclic) bond motifs is 2. The molecule has 0 aromatic heterocycles. The number of para-hydroxylation sites is 2. The highest BCUT2D eigenvalue weighted by Crippen LogP contribution is 2.32. The van der Waals surface area contributed by atoms with E-state index < -0.39 is 0 Å². The van der Waals surface area contributed by atoms with Crippen LogP contribution in [0.2, 0.25) is 0 Å². The van der Waals surface area contributed by atoms with Crippen LogP contribution in [0.25, 0.3) is 10.8 Å². The molecular formula is C23H22N2O2S. The Kier molecular flexibility index (Phi) is 5.35. The molecule has 142 valence electrons. The summed E-state index contributed by atoms with van der Waals surface area (Å²) in [5, 5.41) is 5.34. The zero-order valence-corrected chi connectivity index (χ0v) is 16.5. The highest BCUT2D eigenvalue weighted by molar-refractivity contribution is 7.99. The van der Waals surface area contributed by atoms with Crippen molar-refractivity contribution in [1.29, 1.82) is 0 Å². The summed E-state index contributed by atoms with van der Waals surface area (Å²) in [6, 6.07) is 21.9. The highest BCUT2D eigenvalue weighted by Gasteiger charge is 2.29. The zero-order valence-electron chi connectivity index (χ0n) is 15.7. The molecule has 0 fully saturated rings. The molecule has 0 bridgehead atoms. The van der Waals surface area contributed by atoms with Crippen molar-refractivity contribution in [3.05, 3.63) is 72.3 Å². The van der Waals surface area contributed by atoms with Gasteiger partial charge in [0.25, 0.3) is 0 Å². The number of carbonyl (C=O) groups excluding carboxylic acids is 2. The first-order valence-corrected chi connectivity index (χ1v) is 10.5. The van der Waals surface area contributed by atoms with Gasteiger partial charge in [-0.3, -0.25) is 9.59 Å². The van der Waals surface area contributed by atoms with Gasteiger partial charge in [0, 0.05) is 18.2 Å². The lowest BCUT2D eigenvalue weighted by molar-refractivity contribution is -0.117. The Morgan fingerprint density at radius 3 is 2.71 bits per heavy atom. The van der Waals surface area contributed by atoms with E-state index in [1.165, 1.54) is 16.3 Å². The third-order valence-corrected chi connectivity index (χ3v) is 5.96. The number of anilines is 2. The number of rotatable bonds is 4. The van der Waals surface area contributed by atoms with E-state index in [2.05, 4.69) is 35.6 Å². The molecule has 0 saturated heterocycles. The van der Waals surface area contributed by atoms with E-state index in [4.69, 9.17) is 0 Å². The lowest BCUT2D eigenvalue weighted by Gasteiger charge is -2.27. The van der Waals surface area contributed by atoms with Gasteiger partial charge >= 0.3 is 0 Å². The topological polar surface area (TPSA) is 49.4 Å². The van der Waals surface area contributed by atoms with E-state index >= 15 is 0 Å². The fourth-order valence-corrected chi connectivity index (χ4v) is 4.59. The number of nitrogens with one attached hydrogen (secondary N) is 1. The van der Waals surface area contributed by atoms with E-state index in [1.807, 2.05) is 43.3 Å². The van der Waals surface area contributed by atoms with Crippen LogP contribution < -0.4 is 10.2 Å². The fraction of sp³-hybridized carbons (Fsp3) is 0.217. The lowest BCUT2D eigenvalue weighted by atomic mass is 10.1. The van der Waals surface area contributed by atoms with Crippen LogP contribution in [-0.2, 0) is 15.3 Å². The molecule has 0 spiro atoms. The summed E-state index contributed by atoms with van der Waals surface area (Å²) in [5.41, 5.74) is 2.71. The number of carbonyl (C=O) groups is 2. The number of benzene rings is 3. The molecule has 1 aliphatic heterocycles. The molecule has 28 heavy (non-hydrogen) atoms. The average molecular weight is 391 g/mol. The standard InChI is InChI=1S/C23H22N2O2S/c1-16-13-22(26)24-20-11-4-5-12-21(20)25(16)23(27)15-28-14-18-9-6-8-17-7-2-3-10-19(17)18/h2-12,16H,13-15H2,1H3,(H,24,26). The maximum Gasteiger partial charge on any atom is 0.237 e. The molecule has 4 rings (SSSR count). The molecule has 0 saturated carbocycles. The first kappa shape index (κ1) is 18.6. The Balaban J connectivity index is 1.49. The van der Waals surface area contributed by atoms with E-state index in [0.29, 0.717) is 17.9 Å². The second kappa shape index (κ2) is 8.07. The predicted molar refractivity (Wildman–Crippen MR) is 117 cm³/mol. The first-order valence-electron chi connectivity index (χ1n) is 9.39.